The fourth-order valence-electron chi connectivity index (χ4n) is 1.82. The maximum absolute atomic E-state index is 11.9. The second-order valence-corrected chi connectivity index (χ2v) is 5.06. The van der Waals surface area contributed by atoms with E-state index in [0.29, 0.717) is 23.1 Å². The molecule has 1 atom stereocenters. The van der Waals surface area contributed by atoms with Gasteiger partial charge >= 0.3 is 0 Å². The van der Waals surface area contributed by atoms with Crippen molar-refractivity contribution in [3.63, 3.8) is 0 Å². The third-order valence-corrected chi connectivity index (χ3v) is 3.41. The second kappa shape index (κ2) is 7.13. The topological polar surface area (TPSA) is 56.2 Å². The standard InChI is InChI=1S/C15H18ClN3O2/c1-3-11(21-13-7-5-4-6-12(13)16)10-18-14-15(20)19(2)9-8-17-14/h4-9,11H,3,10H2,1-2H3,(H,17,18)/t11-/m0/s1. The number of aromatic nitrogens is 2. The second-order valence-electron chi connectivity index (χ2n) is 4.65. The maximum atomic E-state index is 11.9. The summed E-state index contributed by atoms with van der Waals surface area (Å²) < 4.78 is 7.33. The first-order chi connectivity index (χ1) is 10.1. The Kier molecular flexibility index (Phi) is 5.22. The lowest BCUT2D eigenvalue weighted by atomic mass is 10.2. The van der Waals surface area contributed by atoms with Gasteiger partial charge in [-0.1, -0.05) is 30.7 Å². The van der Waals surface area contributed by atoms with E-state index in [1.807, 2.05) is 25.1 Å². The Hall–Kier alpha value is -2.01. The predicted molar refractivity (Wildman–Crippen MR) is 84.1 cm³/mol. The van der Waals surface area contributed by atoms with Gasteiger partial charge in [0.2, 0.25) is 0 Å². The van der Waals surface area contributed by atoms with Gasteiger partial charge in [0.25, 0.3) is 5.56 Å². The number of aryl methyl sites for hydroxylation is 1. The Morgan fingerprint density at radius 1 is 1.43 bits per heavy atom. The van der Waals surface area contributed by atoms with Crippen molar-refractivity contribution in [2.45, 2.75) is 19.4 Å². The van der Waals surface area contributed by atoms with E-state index in [9.17, 15) is 4.79 Å². The average molecular weight is 308 g/mol. The maximum Gasteiger partial charge on any atom is 0.293 e. The number of ether oxygens (including phenoxy) is 1. The van der Waals surface area contributed by atoms with Crippen LogP contribution in [0.5, 0.6) is 5.75 Å². The SMILES string of the molecule is CC[C@@H](CNc1nccn(C)c1=O)Oc1ccccc1Cl. The molecule has 0 bridgehead atoms. The molecule has 0 unspecified atom stereocenters. The number of halogens is 1. The first-order valence-corrected chi connectivity index (χ1v) is 7.16. The summed E-state index contributed by atoms with van der Waals surface area (Å²) in [6, 6.07) is 7.33. The molecule has 1 N–H and O–H groups in total. The zero-order chi connectivity index (χ0) is 15.2. The van der Waals surface area contributed by atoms with E-state index in [-0.39, 0.29) is 11.7 Å². The first-order valence-electron chi connectivity index (χ1n) is 6.78. The molecule has 0 aliphatic heterocycles. The van der Waals surface area contributed by atoms with Crippen LogP contribution in [0.4, 0.5) is 5.82 Å². The lowest BCUT2D eigenvalue weighted by Crippen LogP contribution is -2.29. The number of para-hydroxylation sites is 1. The highest BCUT2D eigenvalue weighted by molar-refractivity contribution is 6.32. The molecule has 1 heterocycles. The van der Waals surface area contributed by atoms with Gasteiger partial charge < -0.3 is 14.6 Å². The van der Waals surface area contributed by atoms with E-state index in [0.717, 1.165) is 6.42 Å². The summed E-state index contributed by atoms with van der Waals surface area (Å²) in [6.07, 6.45) is 3.88. The van der Waals surface area contributed by atoms with Crippen molar-refractivity contribution in [3.8, 4) is 5.75 Å². The van der Waals surface area contributed by atoms with Crippen molar-refractivity contribution in [2.24, 2.45) is 7.05 Å². The molecule has 0 saturated heterocycles. The molecule has 0 saturated carbocycles. The Morgan fingerprint density at radius 2 is 2.19 bits per heavy atom. The van der Waals surface area contributed by atoms with Gasteiger partial charge in [-0.2, -0.15) is 0 Å². The zero-order valence-electron chi connectivity index (χ0n) is 12.0. The highest BCUT2D eigenvalue weighted by atomic mass is 35.5. The van der Waals surface area contributed by atoms with E-state index < -0.39 is 0 Å². The summed E-state index contributed by atoms with van der Waals surface area (Å²) in [5.41, 5.74) is -0.162. The summed E-state index contributed by atoms with van der Waals surface area (Å²) in [5.74, 6) is 0.961. The smallest absolute Gasteiger partial charge is 0.293 e. The number of hydrogen-bond donors (Lipinski definition) is 1. The third-order valence-electron chi connectivity index (χ3n) is 3.10. The summed E-state index contributed by atoms with van der Waals surface area (Å²) in [4.78, 5) is 15.9. The van der Waals surface area contributed by atoms with Gasteiger partial charge in [-0.25, -0.2) is 4.98 Å². The zero-order valence-corrected chi connectivity index (χ0v) is 12.8. The van der Waals surface area contributed by atoms with E-state index >= 15 is 0 Å². The monoisotopic (exact) mass is 307 g/mol. The molecule has 1 aromatic heterocycles. The number of nitrogens with one attached hydrogen (secondary N) is 1. The van der Waals surface area contributed by atoms with Gasteiger partial charge in [0.15, 0.2) is 5.82 Å². The molecule has 21 heavy (non-hydrogen) atoms. The van der Waals surface area contributed by atoms with Crippen LogP contribution in [0.3, 0.4) is 0 Å². The van der Waals surface area contributed by atoms with E-state index in [1.54, 1.807) is 25.5 Å². The van der Waals surface area contributed by atoms with Crippen LogP contribution in [-0.4, -0.2) is 22.2 Å². The molecule has 0 spiro atoms. The van der Waals surface area contributed by atoms with Crippen molar-refractivity contribution in [1.82, 2.24) is 9.55 Å². The van der Waals surface area contributed by atoms with Gasteiger partial charge in [0.1, 0.15) is 11.9 Å². The average Bonchev–Trinajstić information content (AvgIpc) is 2.49. The minimum atomic E-state index is -0.162. The third kappa shape index (κ3) is 3.98. The minimum absolute atomic E-state index is 0.100. The van der Waals surface area contributed by atoms with Gasteiger partial charge in [-0.05, 0) is 18.6 Å². The number of nitrogens with zero attached hydrogens (tertiary/aromatic N) is 2. The molecule has 112 valence electrons. The van der Waals surface area contributed by atoms with Gasteiger partial charge in [0, 0.05) is 19.4 Å². The molecular weight excluding hydrogens is 290 g/mol. The Balaban J connectivity index is 2.02. The van der Waals surface area contributed by atoms with Crippen molar-refractivity contribution < 1.29 is 4.74 Å². The molecule has 2 aromatic rings. The predicted octanol–water partition coefficient (Wildman–Crippen LogP) is 2.70. The van der Waals surface area contributed by atoms with Crippen LogP contribution in [0.2, 0.25) is 5.02 Å². The van der Waals surface area contributed by atoms with Crippen LogP contribution in [0.15, 0.2) is 41.5 Å². The van der Waals surface area contributed by atoms with Gasteiger partial charge in [-0.3, -0.25) is 4.79 Å². The quantitative estimate of drug-likeness (QED) is 0.891. The van der Waals surface area contributed by atoms with Crippen LogP contribution in [0, 0.1) is 0 Å². The molecule has 2 rings (SSSR count). The first kappa shape index (κ1) is 15.4. The van der Waals surface area contributed by atoms with Crippen LogP contribution in [0.25, 0.3) is 0 Å². The van der Waals surface area contributed by atoms with Crippen molar-refractivity contribution >= 4 is 17.4 Å². The molecular formula is C15H18ClN3O2. The van der Waals surface area contributed by atoms with E-state index in [1.165, 1.54) is 4.57 Å². The van der Waals surface area contributed by atoms with Crippen LogP contribution in [0.1, 0.15) is 13.3 Å². The lowest BCUT2D eigenvalue weighted by Gasteiger charge is -2.19. The number of benzene rings is 1. The molecule has 1 aromatic carbocycles. The highest BCUT2D eigenvalue weighted by Gasteiger charge is 2.11. The molecule has 0 radical (unpaired) electrons. The number of hydrogen-bond acceptors (Lipinski definition) is 4. The molecule has 0 aliphatic rings. The Morgan fingerprint density at radius 3 is 2.90 bits per heavy atom. The fourth-order valence-corrected chi connectivity index (χ4v) is 2.00. The largest absolute Gasteiger partial charge is 0.487 e. The summed E-state index contributed by atoms with van der Waals surface area (Å²) >= 11 is 6.08. The minimum Gasteiger partial charge on any atom is -0.487 e. The van der Waals surface area contributed by atoms with Crippen LogP contribution in [-0.2, 0) is 7.05 Å². The number of anilines is 1. The lowest BCUT2D eigenvalue weighted by molar-refractivity contribution is 0.210. The molecule has 0 amide bonds. The molecule has 0 aliphatic carbocycles. The Labute approximate surface area is 128 Å². The fraction of sp³-hybridized carbons (Fsp3) is 0.333. The van der Waals surface area contributed by atoms with Crippen molar-refractivity contribution in [3.05, 3.63) is 52.0 Å². The van der Waals surface area contributed by atoms with Crippen molar-refractivity contribution in [1.29, 1.82) is 0 Å². The summed E-state index contributed by atoms with van der Waals surface area (Å²) in [6.45, 7) is 2.49. The summed E-state index contributed by atoms with van der Waals surface area (Å²) in [5, 5.41) is 3.61. The molecule has 6 heteroatoms. The van der Waals surface area contributed by atoms with Crippen molar-refractivity contribution in [2.75, 3.05) is 11.9 Å². The van der Waals surface area contributed by atoms with E-state index in [2.05, 4.69) is 10.3 Å². The Bertz CT molecular complexity index is 657. The summed E-state index contributed by atoms with van der Waals surface area (Å²) in [7, 11) is 1.69. The highest BCUT2D eigenvalue weighted by Crippen LogP contribution is 2.24. The molecule has 5 nitrogen and oxygen atoms in total. The number of rotatable bonds is 6. The van der Waals surface area contributed by atoms with Gasteiger partial charge in [-0.15, -0.1) is 0 Å². The van der Waals surface area contributed by atoms with Crippen LogP contribution < -0.4 is 15.6 Å². The molecule has 0 fully saturated rings. The van der Waals surface area contributed by atoms with Crippen LogP contribution >= 0.6 is 11.6 Å². The van der Waals surface area contributed by atoms with Gasteiger partial charge in [0.05, 0.1) is 11.6 Å². The van der Waals surface area contributed by atoms with E-state index in [4.69, 9.17) is 16.3 Å². The normalized spacial score (nSPS) is 12.0.